The first-order chi connectivity index (χ1) is 8.61. The number of nitrogens with one attached hydrogen (secondary N) is 1. The third-order valence-corrected chi connectivity index (χ3v) is 2.68. The predicted octanol–water partition coefficient (Wildman–Crippen LogP) is 2.34. The van der Waals surface area contributed by atoms with E-state index >= 15 is 0 Å². The minimum Gasteiger partial charge on any atom is -0.491 e. The lowest BCUT2D eigenvalue weighted by atomic mass is 10.2. The number of halogens is 1. The van der Waals surface area contributed by atoms with E-state index in [0.717, 1.165) is 12.8 Å². The van der Waals surface area contributed by atoms with Crippen molar-refractivity contribution in [3.8, 4) is 5.75 Å². The molecule has 1 aromatic rings. The van der Waals surface area contributed by atoms with Gasteiger partial charge in [-0.3, -0.25) is 0 Å². The van der Waals surface area contributed by atoms with E-state index in [9.17, 15) is 9.50 Å². The van der Waals surface area contributed by atoms with Crippen LogP contribution in [0.4, 0.5) is 4.39 Å². The summed E-state index contributed by atoms with van der Waals surface area (Å²) in [4.78, 5) is 0. The minimum atomic E-state index is -0.561. The smallest absolute Gasteiger partial charge is 0.123 e. The maximum absolute atomic E-state index is 12.7. The number of benzene rings is 1. The second-order valence-electron chi connectivity index (χ2n) is 4.52. The van der Waals surface area contributed by atoms with Crippen LogP contribution in [0.15, 0.2) is 24.3 Å². The molecule has 3 nitrogen and oxygen atoms in total. The van der Waals surface area contributed by atoms with Crippen molar-refractivity contribution in [1.82, 2.24) is 5.32 Å². The van der Waals surface area contributed by atoms with Gasteiger partial charge in [0.1, 0.15) is 24.3 Å². The topological polar surface area (TPSA) is 41.5 Å². The van der Waals surface area contributed by atoms with E-state index in [1.807, 2.05) is 0 Å². The fraction of sp³-hybridized carbons (Fsp3) is 0.571. The summed E-state index contributed by atoms with van der Waals surface area (Å²) in [5.74, 6) is 0.273. The molecule has 102 valence electrons. The summed E-state index contributed by atoms with van der Waals surface area (Å²) in [6, 6.07) is 6.17. The zero-order valence-corrected chi connectivity index (χ0v) is 11.0. The largest absolute Gasteiger partial charge is 0.491 e. The van der Waals surface area contributed by atoms with Crippen LogP contribution in [-0.2, 0) is 0 Å². The maximum Gasteiger partial charge on any atom is 0.123 e. The van der Waals surface area contributed by atoms with Crippen molar-refractivity contribution in [3.63, 3.8) is 0 Å². The van der Waals surface area contributed by atoms with Crippen molar-refractivity contribution < 1.29 is 14.2 Å². The molecule has 0 heterocycles. The molecule has 18 heavy (non-hydrogen) atoms. The van der Waals surface area contributed by atoms with Gasteiger partial charge in [0.05, 0.1) is 0 Å². The number of hydrogen-bond acceptors (Lipinski definition) is 3. The van der Waals surface area contributed by atoms with Gasteiger partial charge in [-0.1, -0.05) is 13.3 Å². The van der Waals surface area contributed by atoms with Crippen LogP contribution >= 0.6 is 0 Å². The molecule has 0 saturated carbocycles. The Morgan fingerprint density at radius 1 is 1.33 bits per heavy atom. The molecule has 0 saturated heterocycles. The van der Waals surface area contributed by atoms with Crippen LogP contribution in [0.1, 0.15) is 26.7 Å². The van der Waals surface area contributed by atoms with Gasteiger partial charge < -0.3 is 15.2 Å². The van der Waals surface area contributed by atoms with Crippen LogP contribution in [0.25, 0.3) is 0 Å². The van der Waals surface area contributed by atoms with Crippen molar-refractivity contribution in [2.24, 2.45) is 0 Å². The van der Waals surface area contributed by atoms with Gasteiger partial charge in [0.25, 0.3) is 0 Å². The molecule has 0 aromatic heterocycles. The SMILES string of the molecule is CCCC(C)NCC(O)COc1ccc(F)cc1. The maximum atomic E-state index is 12.7. The fourth-order valence-electron chi connectivity index (χ4n) is 1.65. The van der Waals surface area contributed by atoms with Crippen LogP contribution < -0.4 is 10.1 Å². The summed E-state index contributed by atoms with van der Waals surface area (Å²) >= 11 is 0. The molecule has 0 spiro atoms. The monoisotopic (exact) mass is 255 g/mol. The highest BCUT2D eigenvalue weighted by molar-refractivity contribution is 5.22. The molecule has 0 fully saturated rings. The average molecular weight is 255 g/mol. The Morgan fingerprint density at radius 3 is 2.61 bits per heavy atom. The van der Waals surface area contributed by atoms with Gasteiger partial charge in [0.2, 0.25) is 0 Å². The zero-order chi connectivity index (χ0) is 13.4. The van der Waals surface area contributed by atoms with Gasteiger partial charge >= 0.3 is 0 Å². The Balaban J connectivity index is 2.20. The van der Waals surface area contributed by atoms with Gasteiger partial charge in [-0.05, 0) is 37.6 Å². The second kappa shape index (κ2) is 8.06. The summed E-state index contributed by atoms with van der Waals surface area (Å²) in [5, 5.41) is 13.0. The predicted molar refractivity (Wildman–Crippen MR) is 70.3 cm³/mol. The van der Waals surface area contributed by atoms with E-state index in [-0.39, 0.29) is 12.4 Å². The van der Waals surface area contributed by atoms with Gasteiger partial charge in [-0.25, -0.2) is 4.39 Å². The van der Waals surface area contributed by atoms with E-state index in [0.29, 0.717) is 18.3 Å². The van der Waals surface area contributed by atoms with Gasteiger partial charge in [-0.2, -0.15) is 0 Å². The molecule has 0 radical (unpaired) electrons. The molecular weight excluding hydrogens is 233 g/mol. The quantitative estimate of drug-likeness (QED) is 0.749. The third-order valence-electron chi connectivity index (χ3n) is 2.68. The van der Waals surface area contributed by atoms with Gasteiger partial charge in [0.15, 0.2) is 0 Å². The molecule has 2 N–H and O–H groups in total. The molecule has 2 atom stereocenters. The third kappa shape index (κ3) is 5.98. The van der Waals surface area contributed by atoms with Crippen molar-refractivity contribution >= 4 is 0 Å². The minimum absolute atomic E-state index is 0.206. The lowest BCUT2D eigenvalue weighted by molar-refractivity contribution is 0.104. The number of aliphatic hydroxyl groups excluding tert-OH is 1. The normalized spacial score (nSPS) is 14.2. The molecular formula is C14H22FNO2. The molecule has 2 unspecified atom stereocenters. The Kier molecular flexibility index (Phi) is 6.68. The summed E-state index contributed by atoms with van der Waals surface area (Å²) < 4.78 is 18.0. The second-order valence-corrected chi connectivity index (χ2v) is 4.52. The molecule has 1 aromatic carbocycles. The standard InChI is InChI=1S/C14H22FNO2/c1-3-4-11(2)16-9-13(17)10-18-14-7-5-12(15)6-8-14/h5-8,11,13,16-17H,3-4,9-10H2,1-2H3. The highest BCUT2D eigenvalue weighted by Gasteiger charge is 2.07. The van der Waals surface area contributed by atoms with E-state index in [4.69, 9.17) is 4.74 Å². The van der Waals surface area contributed by atoms with Crippen molar-refractivity contribution in [2.75, 3.05) is 13.2 Å². The molecule has 0 aliphatic carbocycles. The van der Waals surface area contributed by atoms with E-state index in [1.165, 1.54) is 12.1 Å². The van der Waals surface area contributed by atoms with Crippen LogP contribution in [0.5, 0.6) is 5.75 Å². The van der Waals surface area contributed by atoms with Crippen molar-refractivity contribution in [1.29, 1.82) is 0 Å². The first-order valence-electron chi connectivity index (χ1n) is 6.41. The number of hydrogen-bond donors (Lipinski definition) is 2. The molecule has 0 aliphatic heterocycles. The van der Waals surface area contributed by atoms with Crippen LogP contribution in [-0.4, -0.2) is 30.4 Å². The summed E-state index contributed by atoms with van der Waals surface area (Å²) in [6.45, 7) is 4.93. The summed E-state index contributed by atoms with van der Waals surface area (Å²) in [5.41, 5.74) is 0. The zero-order valence-electron chi connectivity index (χ0n) is 11.0. The van der Waals surface area contributed by atoms with Crippen LogP contribution in [0.3, 0.4) is 0 Å². The molecule has 1 rings (SSSR count). The highest BCUT2D eigenvalue weighted by Crippen LogP contribution is 2.11. The van der Waals surface area contributed by atoms with Crippen LogP contribution in [0.2, 0.25) is 0 Å². The fourth-order valence-corrected chi connectivity index (χ4v) is 1.65. The first kappa shape index (κ1) is 14.9. The average Bonchev–Trinajstić information content (AvgIpc) is 2.36. The number of aliphatic hydroxyl groups is 1. The Labute approximate surface area is 108 Å². The lowest BCUT2D eigenvalue weighted by Crippen LogP contribution is -2.36. The first-order valence-corrected chi connectivity index (χ1v) is 6.41. The molecule has 0 amide bonds. The Hall–Kier alpha value is -1.13. The van der Waals surface area contributed by atoms with Crippen molar-refractivity contribution in [3.05, 3.63) is 30.1 Å². The summed E-state index contributed by atoms with van der Waals surface area (Å²) in [6.07, 6.45) is 1.65. The molecule has 0 aliphatic rings. The highest BCUT2D eigenvalue weighted by atomic mass is 19.1. The van der Waals surface area contributed by atoms with Crippen molar-refractivity contribution in [2.45, 2.75) is 38.8 Å². The van der Waals surface area contributed by atoms with Gasteiger partial charge in [-0.15, -0.1) is 0 Å². The number of rotatable bonds is 8. The van der Waals surface area contributed by atoms with E-state index in [2.05, 4.69) is 19.2 Å². The van der Waals surface area contributed by atoms with Crippen LogP contribution in [0, 0.1) is 5.82 Å². The summed E-state index contributed by atoms with van der Waals surface area (Å²) in [7, 11) is 0. The van der Waals surface area contributed by atoms with Gasteiger partial charge in [0, 0.05) is 12.6 Å². The Bertz CT molecular complexity index is 329. The van der Waals surface area contributed by atoms with E-state index in [1.54, 1.807) is 12.1 Å². The molecule has 0 bridgehead atoms. The Morgan fingerprint density at radius 2 is 2.00 bits per heavy atom. The van der Waals surface area contributed by atoms with E-state index < -0.39 is 6.10 Å². The molecule has 4 heteroatoms. The number of ether oxygens (including phenoxy) is 1. The lowest BCUT2D eigenvalue weighted by Gasteiger charge is -2.17.